The monoisotopic (exact) mass is 293 g/mol. The molecule has 2 rings (SSSR count). The molecule has 20 heavy (non-hydrogen) atoms. The van der Waals surface area contributed by atoms with E-state index in [0.29, 0.717) is 31.2 Å². The van der Waals surface area contributed by atoms with Crippen molar-refractivity contribution in [1.29, 1.82) is 0 Å². The van der Waals surface area contributed by atoms with E-state index in [1.165, 1.54) is 0 Å². The van der Waals surface area contributed by atoms with Crippen LogP contribution in [0.4, 0.5) is 5.69 Å². The van der Waals surface area contributed by atoms with Crippen LogP contribution in [0.25, 0.3) is 0 Å². The molecule has 1 aromatic rings. The van der Waals surface area contributed by atoms with Crippen LogP contribution in [-0.2, 0) is 9.59 Å². The van der Waals surface area contributed by atoms with Crippen molar-refractivity contribution >= 4 is 29.2 Å². The van der Waals surface area contributed by atoms with Gasteiger partial charge in [0.25, 0.3) is 0 Å². The third-order valence-corrected chi connectivity index (χ3v) is 3.36. The van der Waals surface area contributed by atoms with Gasteiger partial charge in [0.15, 0.2) is 0 Å². The Balaban J connectivity index is 1.92. The van der Waals surface area contributed by atoms with Crippen LogP contribution in [0.3, 0.4) is 0 Å². The van der Waals surface area contributed by atoms with Gasteiger partial charge in [-0.15, -0.1) is 0 Å². The van der Waals surface area contributed by atoms with E-state index < -0.39 is 5.97 Å². The number of anilines is 1. The van der Waals surface area contributed by atoms with Crippen molar-refractivity contribution in [3.63, 3.8) is 0 Å². The largest absolute Gasteiger partial charge is 0.545 e. The van der Waals surface area contributed by atoms with Gasteiger partial charge >= 0.3 is 0 Å². The van der Waals surface area contributed by atoms with Crippen molar-refractivity contribution in [2.45, 2.75) is 0 Å². The fraction of sp³-hybridized carbons (Fsp3) is 0.286. The second-order valence-electron chi connectivity index (χ2n) is 4.44. The lowest BCUT2D eigenvalue weighted by molar-refractivity contribution is -0.297. The molecule has 5 nitrogen and oxygen atoms in total. The van der Waals surface area contributed by atoms with Gasteiger partial charge < -0.3 is 19.7 Å². The molecule has 0 spiro atoms. The summed E-state index contributed by atoms with van der Waals surface area (Å²) in [5.41, 5.74) is 1.02. The number of hydrogen-bond acceptors (Lipinski definition) is 4. The van der Waals surface area contributed by atoms with Crippen LogP contribution in [0.15, 0.2) is 36.4 Å². The fourth-order valence-electron chi connectivity index (χ4n) is 2.10. The van der Waals surface area contributed by atoms with Crippen LogP contribution >= 0.6 is 11.6 Å². The van der Waals surface area contributed by atoms with Crippen molar-refractivity contribution in [3.8, 4) is 0 Å². The third kappa shape index (κ3) is 3.74. The second-order valence-corrected chi connectivity index (χ2v) is 4.88. The molecule has 106 valence electrons. The lowest BCUT2D eigenvalue weighted by Crippen LogP contribution is -2.48. The molecule has 0 aromatic heterocycles. The van der Waals surface area contributed by atoms with E-state index in [4.69, 9.17) is 11.6 Å². The SMILES string of the molecule is O=C([O-])C=CC(=O)N1CCN(c2cccc(Cl)c2)CC1. The van der Waals surface area contributed by atoms with Crippen LogP contribution in [0.5, 0.6) is 0 Å². The minimum atomic E-state index is -1.36. The Hall–Kier alpha value is -2.01. The fourth-order valence-corrected chi connectivity index (χ4v) is 2.29. The van der Waals surface area contributed by atoms with Crippen LogP contribution in [0, 0.1) is 0 Å². The Labute approximate surface area is 122 Å². The average molecular weight is 294 g/mol. The molecule has 0 radical (unpaired) electrons. The lowest BCUT2D eigenvalue weighted by atomic mass is 10.2. The van der Waals surface area contributed by atoms with E-state index in [2.05, 4.69) is 4.90 Å². The maximum Gasteiger partial charge on any atom is 0.246 e. The molecule has 1 saturated heterocycles. The first-order valence-electron chi connectivity index (χ1n) is 6.25. The van der Waals surface area contributed by atoms with Crippen molar-refractivity contribution in [3.05, 3.63) is 41.4 Å². The van der Waals surface area contributed by atoms with Gasteiger partial charge in [0.2, 0.25) is 5.91 Å². The molecule has 6 heteroatoms. The highest BCUT2D eigenvalue weighted by Crippen LogP contribution is 2.20. The maximum absolute atomic E-state index is 11.7. The summed E-state index contributed by atoms with van der Waals surface area (Å²) in [6.45, 7) is 2.46. The lowest BCUT2D eigenvalue weighted by Gasteiger charge is -2.35. The van der Waals surface area contributed by atoms with Crippen LogP contribution in [0.1, 0.15) is 0 Å². The van der Waals surface area contributed by atoms with Crippen molar-refractivity contribution in [1.82, 2.24) is 4.90 Å². The number of carbonyl (C=O) groups excluding carboxylic acids is 2. The number of benzene rings is 1. The number of rotatable bonds is 3. The van der Waals surface area contributed by atoms with Gasteiger partial charge in [0, 0.05) is 43.0 Å². The Kier molecular flexibility index (Phi) is 4.63. The normalized spacial score (nSPS) is 15.7. The predicted molar refractivity (Wildman–Crippen MR) is 74.4 cm³/mol. The summed E-state index contributed by atoms with van der Waals surface area (Å²) < 4.78 is 0. The summed E-state index contributed by atoms with van der Waals surface area (Å²) in [5.74, 6) is -1.67. The number of halogens is 1. The third-order valence-electron chi connectivity index (χ3n) is 3.13. The number of carboxylic acids is 1. The van der Waals surface area contributed by atoms with Gasteiger partial charge in [0.1, 0.15) is 0 Å². The molecule has 0 bridgehead atoms. The Morgan fingerprint density at radius 1 is 1.15 bits per heavy atom. The number of piperazine rings is 1. The standard InChI is InChI=1S/C14H15ClN2O3/c15-11-2-1-3-12(10-11)16-6-8-17(9-7-16)13(18)4-5-14(19)20/h1-5,10H,6-9H2,(H,19,20)/p-1. The minimum absolute atomic E-state index is 0.306. The molecule has 1 aliphatic heterocycles. The number of aliphatic carboxylic acids is 1. The molecule has 1 aromatic carbocycles. The summed E-state index contributed by atoms with van der Waals surface area (Å²) in [6, 6.07) is 7.56. The highest BCUT2D eigenvalue weighted by Gasteiger charge is 2.19. The molecule has 1 aliphatic rings. The van der Waals surface area contributed by atoms with E-state index >= 15 is 0 Å². The van der Waals surface area contributed by atoms with Crippen LogP contribution < -0.4 is 10.0 Å². The molecular weight excluding hydrogens is 280 g/mol. The summed E-state index contributed by atoms with van der Waals surface area (Å²) >= 11 is 5.95. The summed E-state index contributed by atoms with van der Waals surface area (Å²) in [5, 5.41) is 10.9. The highest BCUT2D eigenvalue weighted by molar-refractivity contribution is 6.30. The van der Waals surface area contributed by atoms with E-state index in [-0.39, 0.29) is 5.91 Å². The van der Waals surface area contributed by atoms with Gasteiger partial charge in [-0.3, -0.25) is 4.79 Å². The summed E-state index contributed by atoms with van der Waals surface area (Å²) in [6.07, 6.45) is 1.79. The molecule has 1 amide bonds. The zero-order chi connectivity index (χ0) is 14.5. The highest BCUT2D eigenvalue weighted by atomic mass is 35.5. The van der Waals surface area contributed by atoms with E-state index in [9.17, 15) is 14.7 Å². The van der Waals surface area contributed by atoms with Gasteiger partial charge in [-0.25, -0.2) is 0 Å². The van der Waals surface area contributed by atoms with Gasteiger partial charge in [-0.05, 0) is 24.3 Å². The van der Waals surface area contributed by atoms with Crippen LogP contribution in [-0.4, -0.2) is 43.0 Å². The first-order valence-corrected chi connectivity index (χ1v) is 6.62. The summed E-state index contributed by atoms with van der Waals surface area (Å²) in [4.78, 5) is 25.7. The molecule has 0 unspecified atom stereocenters. The van der Waals surface area contributed by atoms with Crippen molar-refractivity contribution in [2.24, 2.45) is 0 Å². The second kappa shape index (κ2) is 6.43. The number of hydrogen-bond donors (Lipinski definition) is 0. The molecule has 0 atom stereocenters. The first kappa shape index (κ1) is 14.4. The molecule has 0 N–H and O–H groups in total. The molecule has 0 saturated carbocycles. The van der Waals surface area contributed by atoms with E-state index in [1.54, 1.807) is 4.90 Å². The molecular formula is C14H14ClN2O3-. The number of carboxylic acid groups (broad SMARTS) is 1. The Morgan fingerprint density at radius 2 is 1.85 bits per heavy atom. The van der Waals surface area contributed by atoms with E-state index in [1.807, 2.05) is 24.3 Å². The molecule has 0 aliphatic carbocycles. The maximum atomic E-state index is 11.7. The Morgan fingerprint density at radius 3 is 2.45 bits per heavy atom. The summed E-state index contributed by atoms with van der Waals surface area (Å²) in [7, 11) is 0. The topological polar surface area (TPSA) is 63.7 Å². The van der Waals surface area contributed by atoms with Gasteiger partial charge in [0.05, 0.1) is 5.97 Å². The van der Waals surface area contributed by atoms with Crippen molar-refractivity contribution < 1.29 is 14.7 Å². The van der Waals surface area contributed by atoms with Gasteiger partial charge in [-0.2, -0.15) is 0 Å². The Bertz CT molecular complexity index is 537. The number of nitrogens with zero attached hydrogens (tertiary/aromatic N) is 2. The van der Waals surface area contributed by atoms with Crippen molar-refractivity contribution in [2.75, 3.05) is 31.1 Å². The number of amides is 1. The first-order chi connectivity index (χ1) is 9.56. The molecule has 1 heterocycles. The number of carbonyl (C=O) groups is 2. The minimum Gasteiger partial charge on any atom is -0.545 e. The quantitative estimate of drug-likeness (QED) is 0.752. The molecule has 1 fully saturated rings. The van der Waals surface area contributed by atoms with Crippen LogP contribution in [0.2, 0.25) is 5.02 Å². The zero-order valence-corrected chi connectivity index (χ0v) is 11.5. The smallest absolute Gasteiger partial charge is 0.246 e. The average Bonchev–Trinajstić information content (AvgIpc) is 2.45. The van der Waals surface area contributed by atoms with Gasteiger partial charge in [-0.1, -0.05) is 17.7 Å². The van der Waals surface area contributed by atoms with E-state index in [0.717, 1.165) is 17.8 Å². The zero-order valence-electron chi connectivity index (χ0n) is 10.8. The predicted octanol–water partition coefficient (Wildman–Crippen LogP) is 0.295.